The van der Waals surface area contributed by atoms with Gasteiger partial charge in [0, 0.05) is 12.3 Å². The van der Waals surface area contributed by atoms with Crippen molar-refractivity contribution in [3.05, 3.63) is 22.6 Å². The van der Waals surface area contributed by atoms with E-state index in [1.165, 1.54) is 11.3 Å². The molecule has 0 saturated heterocycles. The maximum absolute atomic E-state index is 11.9. The van der Waals surface area contributed by atoms with Crippen LogP contribution < -0.4 is 25.3 Å². The summed E-state index contributed by atoms with van der Waals surface area (Å²) in [6.07, 6.45) is 0.331. The maximum Gasteiger partial charge on any atom is 0.231 e. The second kappa shape index (κ2) is 4.77. The molecule has 1 aromatic heterocycles. The summed E-state index contributed by atoms with van der Waals surface area (Å²) in [5, 5.41) is 3.19. The summed E-state index contributed by atoms with van der Waals surface area (Å²) in [6, 6.07) is 3.75. The van der Waals surface area contributed by atoms with Gasteiger partial charge >= 0.3 is 0 Å². The van der Waals surface area contributed by atoms with Gasteiger partial charge in [-0.2, -0.15) is 0 Å². The Morgan fingerprint density at radius 3 is 3.14 bits per heavy atom. The molecule has 0 bridgehead atoms. The number of anilines is 2. The van der Waals surface area contributed by atoms with Crippen LogP contribution in [0.25, 0.3) is 0 Å². The zero-order valence-corrected chi connectivity index (χ0v) is 12.5. The topological polar surface area (TPSA) is 95.7 Å². The van der Waals surface area contributed by atoms with Gasteiger partial charge in [-0.15, -0.1) is 0 Å². The highest BCUT2D eigenvalue weighted by Crippen LogP contribution is 2.47. The third kappa shape index (κ3) is 1.95. The van der Waals surface area contributed by atoms with Gasteiger partial charge in [0.25, 0.3) is 0 Å². The Morgan fingerprint density at radius 1 is 1.45 bits per heavy atom. The number of ether oxygens (including phenoxy) is 3. The predicted molar refractivity (Wildman–Crippen MR) is 80.7 cm³/mol. The minimum absolute atomic E-state index is 0.0839. The molecule has 0 aliphatic carbocycles. The van der Waals surface area contributed by atoms with Gasteiger partial charge in [0.1, 0.15) is 5.82 Å². The lowest BCUT2D eigenvalue weighted by atomic mass is 9.91. The average Bonchev–Trinajstić information content (AvgIpc) is 3.10. The monoisotopic (exact) mass is 319 g/mol. The molecule has 7 nitrogen and oxygen atoms in total. The first kappa shape index (κ1) is 13.2. The second-order valence-electron chi connectivity index (χ2n) is 5.03. The molecular formula is C14H13N3O4S. The summed E-state index contributed by atoms with van der Waals surface area (Å²) in [5.74, 6) is 2.15. The number of fused-ring (bicyclic) bond motifs is 2. The Morgan fingerprint density at radius 2 is 2.32 bits per heavy atom. The van der Waals surface area contributed by atoms with E-state index in [4.69, 9.17) is 19.9 Å². The summed E-state index contributed by atoms with van der Waals surface area (Å²) in [7, 11) is 1.57. The zero-order valence-electron chi connectivity index (χ0n) is 11.7. The number of aromatic nitrogens is 1. The van der Waals surface area contributed by atoms with Crippen molar-refractivity contribution >= 4 is 28.2 Å². The lowest BCUT2D eigenvalue weighted by Gasteiger charge is -2.22. The molecule has 4 rings (SSSR count). The molecule has 2 aliphatic rings. The number of carbonyl (C=O) groups excluding carboxylic acids is 1. The molecule has 8 heteroatoms. The van der Waals surface area contributed by atoms with E-state index in [9.17, 15) is 4.79 Å². The normalized spacial score (nSPS) is 18.8. The Balaban J connectivity index is 1.84. The lowest BCUT2D eigenvalue weighted by Crippen LogP contribution is -2.22. The number of hydrogen-bond acceptors (Lipinski definition) is 7. The highest BCUT2D eigenvalue weighted by molar-refractivity contribution is 7.16. The number of nitrogens with zero attached hydrogens (tertiary/aromatic N) is 1. The zero-order chi connectivity index (χ0) is 15.3. The van der Waals surface area contributed by atoms with Crippen LogP contribution in [-0.2, 0) is 4.79 Å². The van der Waals surface area contributed by atoms with E-state index in [1.54, 1.807) is 7.11 Å². The first-order valence-corrected chi connectivity index (χ1v) is 7.51. The smallest absolute Gasteiger partial charge is 0.231 e. The highest BCUT2D eigenvalue weighted by Gasteiger charge is 2.32. The fourth-order valence-corrected chi connectivity index (χ4v) is 3.67. The molecule has 3 N–H and O–H groups in total. The van der Waals surface area contributed by atoms with Crippen LogP contribution in [0.2, 0.25) is 0 Å². The number of nitrogen functional groups attached to an aromatic ring is 1. The molecule has 0 saturated carbocycles. The van der Waals surface area contributed by atoms with Gasteiger partial charge in [0.05, 0.1) is 12.0 Å². The van der Waals surface area contributed by atoms with Gasteiger partial charge in [-0.05, 0) is 17.7 Å². The summed E-state index contributed by atoms with van der Waals surface area (Å²) in [6.45, 7) is 0.166. The van der Waals surface area contributed by atoms with E-state index in [-0.39, 0.29) is 18.6 Å². The van der Waals surface area contributed by atoms with Gasteiger partial charge in [0.2, 0.25) is 18.4 Å². The van der Waals surface area contributed by atoms with Crippen LogP contribution in [-0.4, -0.2) is 24.8 Å². The van der Waals surface area contributed by atoms with E-state index in [0.717, 1.165) is 10.4 Å². The molecule has 22 heavy (non-hydrogen) atoms. The van der Waals surface area contributed by atoms with Crippen molar-refractivity contribution in [1.29, 1.82) is 0 Å². The van der Waals surface area contributed by atoms with E-state index in [0.29, 0.717) is 34.6 Å². The first-order chi connectivity index (χ1) is 10.7. The predicted octanol–water partition coefficient (Wildman–Crippen LogP) is 1.94. The number of thiazole rings is 1. The van der Waals surface area contributed by atoms with Crippen molar-refractivity contribution in [2.75, 3.05) is 25.0 Å². The summed E-state index contributed by atoms with van der Waals surface area (Å²) >= 11 is 1.38. The Hall–Kier alpha value is -2.48. The van der Waals surface area contributed by atoms with Crippen molar-refractivity contribution in [3.8, 4) is 17.2 Å². The number of benzene rings is 1. The minimum atomic E-state index is -0.123. The molecule has 2 aromatic rings. The van der Waals surface area contributed by atoms with Gasteiger partial charge < -0.3 is 25.3 Å². The fraction of sp³-hybridized carbons (Fsp3) is 0.286. The van der Waals surface area contributed by atoms with Crippen LogP contribution in [0.15, 0.2) is 12.1 Å². The van der Waals surface area contributed by atoms with Crippen molar-refractivity contribution in [2.24, 2.45) is 0 Å². The second-order valence-corrected chi connectivity index (χ2v) is 6.09. The molecule has 0 spiro atoms. The largest absolute Gasteiger partial charge is 0.493 e. The summed E-state index contributed by atoms with van der Waals surface area (Å²) in [4.78, 5) is 17.0. The molecule has 1 amide bonds. The number of rotatable bonds is 2. The number of amides is 1. The van der Waals surface area contributed by atoms with Crippen LogP contribution >= 0.6 is 11.3 Å². The number of methoxy groups -OCH3 is 1. The number of hydrogen-bond donors (Lipinski definition) is 2. The van der Waals surface area contributed by atoms with Crippen LogP contribution in [0.3, 0.4) is 0 Å². The molecule has 1 aromatic carbocycles. The van der Waals surface area contributed by atoms with E-state index < -0.39 is 0 Å². The van der Waals surface area contributed by atoms with E-state index >= 15 is 0 Å². The summed E-state index contributed by atoms with van der Waals surface area (Å²) < 4.78 is 16.2. The van der Waals surface area contributed by atoms with Crippen LogP contribution in [0.1, 0.15) is 22.8 Å². The number of carbonyl (C=O) groups is 1. The third-order valence-corrected chi connectivity index (χ3v) is 4.72. The molecule has 1 atom stereocenters. The number of nitrogens with one attached hydrogen (secondary N) is 1. The van der Waals surface area contributed by atoms with E-state index in [2.05, 4.69) is 10.3 Å². The van der Waals surface area contributed by atoms with Crippen LogP contribution in [0.4, 0.5) is 10.9 Å². The third-order valence-electron chi connectivity index (χ3n) is 3.72. The molecule has 0 radical (unpaired) electrons. The Labute approximate surface area is 130 Å². The van der Waals surface area contributed by atoms with Gasteiger partial charge in [-0.1, -0.05) is 11.3 Å². The maximum atomic E-state index is 11.9. The van der Waals surface area contributed by atoms with Gasteiger partial charge in [0.15, 0.2) is 16.6 Å². The first-order valence-electron chi connectivity index (χ1n) is 6.69. The molecule has 0 fully saturated rings. The van der Waals surface area contributed by atoms with Gasteiger partial charge in [-0.25, -0.2) is 4.98 Å². The number of nitrogens with two attached hydrogens (primary N) is 1. The molecule has 0 unspecified atom stereocenters. The molecule has 2 aliphatic heterocycles. The minimum Gasteiger partial charge on any atom is -0.493 e. The molecule has 3 heterocycles. The van der Waals surface area contributed by atoms with E-state index in [1.807, 2.05) is 12.1 Å². The quantitative estimate of drug-likeness (QED) is 0.878. The van der Waals surface area contributed by atoms with Crippen molar-refractivity contribution < 1.29 is 19.0 Å². The van der Waals surface area contributed by atoms with Gasteiger partial charge in [-0.3, -0.25) is 4.79 Å². The lowest BCUT2D eigenvalue weighted by molar-refractivity contribution is -0.116. The molecule has 114 valence electrons. The Bertz CT molecular complexity index is 774. The Kier molecular flexibility index (Phi) is 2.86. The van der Waals surface area contributed by atoms with Crippen molar-refractivity contribution in [2.45, 2.75) is 12.3 Å². The average molecular weight is 319 g/mol. The van der Waals surface area contributed by atoms with Crippen LogP contribution in [0.5, 0.6) is 17.2 Å². The fourth-order valence-electron chi connectivity index (χ4n) is 2.76. The highest BCUT2D eigenvalue weighted by atomic mass is 32.1. The van der Waals surface area contributed by atoms with Crippen LogP contribution in [0, 0.1) is 0 Å². The molecular weight excluding hydrogens is 306 g/mol. The summed E-state index contributed by atoms with van der Waals surface area (Å²) in [5.41, 5.74) is 6.69. The van der Waals surface area contributed by atoms with Crippen molar-refractivity contribution in [1.82, 2.24) is 4.98 Å². The SMILES string of the molecule is COc1cc([C@@H]2CC(=O)Nc3nc(N)sc32)cc2c1OCO2. The standard InChI is InChI=1S/C14H13N3O4S/c1-19-8-2-6(3-9-11(8)21-5-20-9)7-4-10(18)16-13-12(7)22-14(15)17-13/h2-3,7H,4-5H2,1H3,(H2,15,17)(H,16,18)/t7-/m0/s1. The van der Waals surface area contributed by atoms with Crippen molar-refractivity contribution in [3.63, 3.8) is 0 Å².